The highest BCUT2D eigenvalue weighted by Crippen LogP contribution is 2.60. The van der Waals surface area contributed by atoms with Crippen LogP contribution in [0.4, 0.5) is 17.1 Å². The summed E-state index contributed by atoms with van der Waals surface area (Å²) in [4.78, 5) is 17.2. The van der Waals surface area contributed by atoms with Gasteiger partial charge in [-0.05, 0) is 189 Å². The topological polar surface area (TPSA) is 41.9 Å². The van der Waals surface area contributed by atoms with E-state index in [9.17, 15) is 0 Å². The quantitative estimate of drug-likeness (QED) is 0.159. The molecule has 3 heterocycles. The van der Waals surface area contributed by atoms with E-state index in [1.54, 1.807) is 0 Å². The van der Waals surface area contributed by atoms with Crippen molar-refractivity contribution in [2.45, 2.75) is 96.3 Å². The predicted octanol–water partition coefficient (Wildman–Crippen LogP) is 27.5. The number of hydrogen-bond acceptors (Lipinski definition) is 6. The molecule has 4 nitrogen and oxygen atoms in total. The van der Waals surface area contributed by atoms with Crippen LogP contribution >= 0.6 is 22.7 Å². The van der Waals surface area contributed by atoms with E-state index in [0.29, 0.717) is 17.5 Å². The molecule has 0 saturated heterocycles. The van der Waals surface area contributed by atoms with E-state index in [1.807, 2.05) is 83.3 Å². The molecule has 502 valence electrons. The van der Waals surface area contributed by atoms with Crippen LogP contribution in [0.2, 0.25) is 0 Å². The molecule has 104 heavy (non-hydrogen) atoms. The van der Waals surface area contributed by atoms with Gasteiger partial charge in [0.25, 0.3) is 0 Å². The molecular formula is C98H78N4S2. The van der Waals surface area contributed by atoms with Crippen molar-refractivity contribution >= 4 is 102 Å². The van der Waals surface area contributed by atoms with Crippen LogP contribution in [-0.4, -0.2) is 15.0 Å². The summed E-state index contributed by atoms with van der Waals surface area (Å²) in [6.07, 6.45) is 0. The number of anilines is 3. The Morgan fingerprint density at radius 1 is 0.240 bits per heavy atom. The van der Waals surface area contributed by atoms with Crippen LogP contribution in [0.1, 0.15) is 103 Å². The molecule has 0 bridgehead atoms. The summed E-state index contributed by atoms with van der Waals surface area (Å²) in [5, 5.41) is 10.6. The van der Waals surface area contributed by atoms with Crippen molar-refractivity contribution < 1.29 is 0 Å². The fraction of sp³-hybridized carbons (Fsp3) is 0.153. The van der Waals surface area contributed by atoms with Gasteiger partial charge in [-0.15, -0.1) is 22.7 Å². The Balaban J connectivity index is 0.000000143. The summed E-state index contributed by atoms with van der Waals surface area (Å²) in [5.41, 5.74) is 25.2. The van der Waals surface area contributed by atoms with Gasteiger partial charge in [-0.25, -0.2) is 15.0 Å². The minimum absolute atomic E-state index is 0.0459. The molecule has 3 aliphatic rings. The van der Waals surface area contributed by atoms with Gasteiger partial charge in [-0.2, -0.15) is 0 Å². The largest absolute Gasteiger partial charge is 0.310 e. The second-order valence-electron chi connectivity index (χ2n) is 31.5. The van der Waals surface area contributed by atoms with Crippen LogP contribution in [0.5, 0.6) is 0 Å². The molecule has 6 heteroatoms. The Hall–Kier alpha value is -11.2. The number of nitrogens with zero attached hydrogens (tertiary/aromatic N) is 4. The highest BCUT2D eigenvalue weighted by atomic mass is 32.1. The second kappa shape index (κ2) is 23.4. The number of hydrogen-bond donors (Lipinski definition) is 0. The van der Waals surface area contributed by atoms with E-state index in [4.69, 9.17) is 15.0 Å². The molecule has 0 atom stereocenters. The lowest BCUT2D eigenvalue weighted by Crippen LogP contribution is -2.43. The fourth-order valence-corrected chi connectivity index (χ4v) is 19.9. The minimum atomic E-state index is -0.0686. The van der Waals surface area contributed by atoms with Crippen molar-refractivity contribution in [2.75, 3.05) is 4.90 Å². The van der Waals surface area contributed by atoms with Crippen LogP contribution in [0, 0.1) is 0 Å². The predicted molar refractivity (Wildman–Crippen MR) is 444 cm³/mol. The minimum Gasteiger partial charge on any atom is -0.310 e. The molecule has 0 radical (unpaired) electrons. The van der Waals surface area contributed by atoms with E-state index in [1.165, 1.54) is 146 Å². The smallest absolute Gasteiger partial charge is 0.164 e. The van der Waals surface area contributed by atoms with Gasteiger partial charge < -0.3 is 4.90 Å². The number of aromatic nitrogens is 3. The number of thiophene rings is 2. The third kappa shape index (κ3) is 9.71. The lowest BCUT2D eigenvalue weighted by molar-refractivity contribution is 0.301. The van der Waals surface area contributed by atoms with E-state index in [-0.39, 0.29) is 27.1 Å². The zero-order valence-electron chi connectivity index (χ0n) is 60.3. The Morgan fingerprint density at radius 3 is 1.19 bits per heavy atom. The first-order valence-corrected chi connectivity index (χ1v) is 38.1. The lowest BCUT2D eigenvalue weighted by atomic mass is 9.54. The fourth-order valence-electron chi connectivity index (χ4n) is 17.7. The molecule has 0 aliphatic heterocycles. The van der Waals surface area contributed by atoms with Crippen molar-refractivity contribution in [3.8, 4) is 78.7 Å². The molecule has 0 N–H and O–H groups in total. The Kier molecular flexibility index (Phi) is 14.4. The third-order valence-electron chi connectivity index (χ3n) is 24.6. The molecule has 0 spiro atoms. The van der Waals surface area contributed by atoms with E-state index in [0.717, 1.165) is 27.9 Å². The van der Waals surface area contributed by atoms with Gasteiger partial charge in [0.2, 0.25) is 0 Å². The molecule has 0 fully saturated rings. The SMILES string of the molecule is CC1(C)c2cc3sc4ccc(-c5ccc(-c6nc(-c7ccccc7)nc(-c7ccccc7)n6)cc5)cc4c3cc2-c2ccc3ccccc3c2C1(C)C.CC1(C)c2ccccc2-c2ccc(N(c3ccccc3)c3ccc4sc5cc6c(cc5c4c3)-c3ccc4ccccc4c3C(C)(C)C6(C)C)cc21. The maximum absolute atomic E-state index is 4.94. The monoisotopic (exact) mass is 1370 g/mol. The van der Waals surface area contributed by atoms with Gasteiger partial charge in [0.05, 0.1) is 0 Å². The third-order valence-corrected chi connectivity index (χ3v) is 26.9. The van der Waals surface area contributed by atoms with Crippen molar-refractivity contribution in [3.05, 3.63) is 325 Å². The van der Waals surface area contributed by atoms with Crippen LogP contribution in [0.15, 0.2) is 291 Å². The molecular weight excluding hydrogens is 1300 g/mol. The summed E-state index contributed by atoms with van der Waals surface area (Å²) < 4.78 is 5.34. The first-order valence-electron chi connectivity index (χ1n) is 36.5. The van der Waals surface area contributed by atoms with Gasteiger partial charge in [-0.1, -0.05) is 282 Å². The number of fused-ring (bicyclic) bond motifs is 19. The van der Waals surface area contributed by atoms with Crippen LogP contribution in [-0.2, 0) is 27.1 Å². The summed E-state index contributed by atoms with van der Waals surface area (Å²) in [5.74, 6) is 1.99. The van der Waals surface area contributed by atoms with Crippen molar-refractivity contribution in [3.63, 3.8) is 0 Å². The average Bonchev–Trinajstić information content (AvgIpc) is 0.962. The normalized spacial score (nSPS) is 15.2. The van der Waals surface area contributed by atoms with E-state index >= 15 is 0 Å². The molecule has 0 unspecified atom stereocenters. The van der Waals surface area contributed by atoms with Crippen LogP contribution in [0.25, 0.3) is 141 Å². The zero-order valence-corrected chi connectivity index (χ0v) is 62.0. The van der Waals surface area contributed by atoms with Crippen molar-refractivity contribution in [1.82, 2.24) is 15.0 Å². The van der Waals surface area contributed by atoms with Crippen molar-refractivity contribution in [1.29, 1.82) is 0 Å². The second-order valence-corrected chi connectivity index (χ2v) is 33.7. The summed E-state index contributed by atoms with van der Waals surface area (Å²) in [7, 11) is 0. The first kappa shape index (κ1) is 63.7. The van der Waals surface area contributed by atoms with Gasteiger partial charge in [0.1, 0.15) is 0 Å². The molecule has 17 aromatic rings. The van der Waals surface area contributed by atoms with E-state index < -0.39 is 0 Å². The summed E-state index contributed by atoms with van der Waals surface area (Å²) >= 11 is 3.82. The number of para-hydroxylation sites is 1. The number of rotatable bonds is 7. The Morgan fingerprint density at radius 2 is 0.644 bits per heavy atom. The number of benzene rings is 14. The molecule has 0 saturated carbocycles. The average molecular weight is 1380 g/mol. The highest BCUT2D eigenvalue weighted by molar-refractivity contribution is 7.26. The van der Waals surface area contributed by atoms with Crippen molar-refractivity contribution in [2.24, 2.45) is 0 Å². The maximum atomic E-state index is 4.94. The molecule has 14 aromatic carbocycles. The summed E-state index contributed by atoms with van der Waals surface area (Å²) in [6, 6.07) is 107. The molecule has 20 rings (SSSR count). The zero-order chi connectivity index (χ0) is 70.8. The Bertz CT molecular complexity index is 6310. The first-order chi connectivity index (χ1) is 50.3. The molecule has 0 amide bonds. The van der Waals surface area contributed by atoms with Gasteiger partial charge in [0.15, 0.2) is 17.5 Å². The highest BCUT2D eigenvalue weighted by Gasteiger charge is 2.49. The molecule has 3 aliphatic carbocycles. The summed E-state index contributed by atoms with van der Waals surface area (Å²) in [6.45, 7) is 24.2. The van der Waals surface area contributed by atoms with Crippen LogP contribution < -0.4 is 4.90 Å². The Labute approximate surface area is 616 Å². The molecule has 3 aromatic heterocycles. The van der Waals surface area contributed by atoms with E-state index in [2.05, 4.69) is 305 Å². The maximum Gasteiger partial charge on any atom is 0.164 e. The van der Waals surface area contributed by atoms with Gasteiger partial charge in [0, 0.05) is 90.3 Å². The standard InChI is InChI=1S/C49H37N3S.C49H41NS/c1-48(2)41-29-43-40(28-38(41)37-25-23-31-13-11-12-18-36(31)44(37)49(48,3)4)39-27-35(24-26-42(39)53-43)30-19-21-34(22-20-30)47-51-45(32-14-7-5-8-15-32)50-46(52-47)33-16-9-6-10-17-33;1-47(2)41-19-13-12-18-35(41)36-24-21-33(27-42(36)47)50(31-15-8-7-9-16-31)32-22-25-44-39(26-32)40-28-38-37-23-20-30-14-10-11-17-34(30)46(37)49(5,6)48(3,4)43(38)29-45(40)51-44/h5-29H,1-4H3;7-29H,1-6H3. The van der Waals surface area contributed by atoms with Crippen LogP contribution in [0.3, 0.4) is 0 Å². The lowest BCUT2D eigenvalue weighted by Gasteiger charge is -2.49. The van der Waals surface area contributed by atoms with Gasteiger partial charge >= 0.3 is 0 Å². The van der Waals surface area contributed by atoms with Gasteiger partial charge in [-0.3, -0.25) is 0 Å².